The van der Waals surface area contributed by atoms with E-state index in [9.17, 15) is 23.1 Å². The van der Waals surface area contributed by atoms with Crippen molar-refractivity contribution in [3.05, 3.63) is 48.2 Å². The highest BCUT2D eigenvalue weighted by Gasteiger charge is 2.37. The van der Waals surface area contributed by atoms with Gasteiger partial charge in [0.15, 0.2) is 5.65 Å². The van der Waals surface area contributed by atoms with E-state index in [0.29, 0.717) is 68.4 Å². The van der Waals surface area contributed by atoms with Crippen LogP contribution in [0.5, 0.6) is 5.88 Å². The maximum absolute atomic E-state index is 13.9. The average Bonchev–Trinajstić information content (AvgIpc) is 3.74. The summed E-state index contributed by atoms with van der Waals surface area (Å²) in [6.45, 7) is 7.16. The molecule has 2 aliphatic rings. The second kappa shape index (κ2) is 14.2. The molecular weight excluding hydrogens is 637 g/mol. The van der Waals surface area contributed by atoms with Crippen LogP contribution in [0.3, 0.4) is 0 Å². The minimum absolute atomic E-state index is 0.0413. The zero-order valence-electron chi connectivity index (χ0n) is 28.1. The van der Waals surface area contributed by atoms with Gasteiger partial charge in [-0.2, -0.15) is 13.2 Å². The predicted octanol–water partition coefficient (Wildman–Crippen LogP) is 7.44. The fourth-order valence-corrected chi connectivity index (χ4v) is 7.17. The number of benzene rings is 1. The van der Waals surface area contributed by atoms with Crippen LogP contribution >= 0.6 is 0 Å². The summed E-state index contributed by atoms with van der Waals surface area (Å²) in [4.78, 5) is 32.5. The largest absolute Gasteiger partial charge is 0.481 e. The lowest BCUT2D eigenvalue weighted by molar-refractivity contribution is -0.142. The predicted molar refractivity (Wildman–Crippen MR) is 182 cm³/mol. The number of piperidine rings is 1. The van der Waals surface area contributed by atoms with E-state index in [4.69, 9.17) is 19.4 Å². The van der Waals surface area contributed by atoms with Crippen LogP contribution in [0, 0.1) is 11.3 Å². The number of carboxylic acid groups (broad SMARTS) is 1. The molecule has 0 atom stereocenters. The van der Waals surface area contributed by atoms with Gasteiger partial charge < -0.3 is 29.4 Å². The van der Waals surface area contributed by atoms with Crippen molar-refractivity contribution in [2.45, 2.75) is 58.5 Å². The lowest BCUT2D eigenvalue weighted by Gasteiger charge is -2.34. The van der Waals surface area contributed by atoms with Crippen molar-refractivity contribution >= 4 is 28.5 Å². The number of carboxylic acids is 1. The Morgan fingerprint density at radius 3 is 2.37 bits per heavy atom. The highest BCUT2D eigenvalue weighted by molar-refractivity contribution is 5.91. The van der Waals surface area contributed by atoms with Gasteiger partial charge in [-0.3, -0.25) is 4.79 Å². The molecule has 6 rings (SSSR count). The third-order valence-electron chi connectivity index (χ3n) is 9.73. The summed E-state index contributed by atoms with van der Waals surface area (Å²) in [7, 11) is 1.99. The van der Waals surface area contributed by atoms with E-state index >= 15 is 0 Å². The van der Waals surface area contributed by atoms with E-state index < -0.39 is 17.8 Å². The van der Waals surface area contributed by atoms with E-state index in [1.54, 1.807) is 6.92 Å². The topological polar surface area (TPSA) is 117 Å². The lowest BCUT2D eigenvalue weighted by atomic mass is 9.86. The number of pyridine rings is 2. The number of rotatable bonds is 12. The molecule has 2 N–H and O–H groups in total. The molecule has 1 saturated heterocycles. The molecule has 1 saturated carbocycles. The van der Waals surface area contributed by atoms with Crippen molar-refractivity contribution in [1.82, 2.24) is 19.9 Å². The Hall–Kier alpha value is -4.39. The normalized spacial score (nSPS) is 16.7. The van der Waals surface area contributed by atoms with E-state index in [0.717, 1.165) is 48.7 Å². The molecule has 1 aromatic carbocycles. The number of imidazole rings is 1. The number of nitrogens with zero attached hydrogens (tertiary/aromatic N) is 5. The van der Waals surface area contributed by atoms with Crippen molar-refractivity contribution < 1.29 is 32.5 Å². The number of H-pyrrole nitrogens is 1. The van der Waals surface area contributed by atoms with Crippen molar-refractivity contribution in [1.29, 1.82) is 0 Å². The summed E-state index contributed by atoms with van der Waals surface area (Å²) in [6.07, 6.45) is 0.843. The molecule has 0 bridgehead atoms. The summed E-state index contributed by atoms with van der Waals surface area (Å²) < 4.78 is 53.1. The van der Waals surface area contributed by atoms with Crippen molar-refractivity contribution in [3.63, 3.8) is 0 Å². The van der Waals surface area contributed by atoms with Crippen LogP contribution < -0.4 is 14.5 Å². The van der Waals surface area contributed by atoms with Gasteiger partial charge in [-0.05, 0) is 75.9 Å². The molecule has 13 heteroatoms. The molecule has 1 aliphatic carbocycles. The minimum Gasteiger partial charge on any atom is -0.481 e. The van der Waals surface area contributed by atoms with Gasteiger partial charge in [0.2, 0.25) is 5.88 Å². The highest BCUT2D eigenvalue weighted by Crippen LogP contribution is 2.42. The molecule has 3 aromatic heterocycles. The van der Waals surface area contributed by atoms with Crippen LogP contribution in [0.15, 0.2) is 42.5 Å². The number of aliphatic carboxylic acids is 1. The number of carbonyl (C=O) groups is 1. The maximum atomic E-state index is 13.9. The number of hydrogen-bond donors (Lipinski definition) is 2. The number of anilines is 2. The number of aromatic nitrogens is 4. The Balaban J connectivity index is 1.39. The van der Waals surface area contributed by atoms with E-state index in [2.05, 4.69) is 19.8 Å². The van der Waals surface area contributed by atoms with Crippen molar-refractivity contribution in [2.75, 3.05) is 56.3 Å². The Morgan fingerprint density at radius 2 is 1.73 bits per heavy atom. The van der Waals surface area contributed by atoms with Crippen LogP contribution in [0.25, 0.3) is 33.8 Å². The zero-order valence-corrected chi connectivity index (χ0v) is 28.1. The van der Waals surface area contributed by atoms with Crippen LogP contribution in [0.1, 0.15) is 58.1 Å². The van der Waals surface area contributed by atoms with Crippen LogP contribution in [0.2, 0.25) is 0 Å². The van der Waals surface area contributed by atoms with Gasteiger partial charge in [-0.25, -0.2) is 15.0 Å². The number of halogens is 3. The van der Waals surface area contributed by atoms with Crippen LogP contribution in [0.4, 0.5) is 24.5 Å². The number of nitrogens with one attached hydrogen (secondary N) is 1. The van der Waals surface area contributed by atoms with Gasteiger partial charge in [0, 0.05) is 61.6 Å². The first-order chi connectivity index (χ1) is 23.5. The van der Waals surface area contributed by atoms with Crippen LogP contribution in [-0.4, -0.2) is 77.5 Å². The number of fused-ring (bicyclic) bond motifs is 1. The molecular formula is C36H43F3N6O4. The molecule has 4 heterocycles. The molecule has 4 aromatic rings. The molecule has 49 heavy (non-hydrogen) atoms. The lowest BCUT2D eigenvalue weighted by Crippen LogP contribution is -2.37. The summed E-state index contributed by atoms with van der Waals surface area (Å²) >= 11 is 0. The van der Waals surface area contributed by atoms with Crippen LogP contribution in [-0.2, 0) is 15.7 Å². The van der Waals surface area contributed by atoms with Gasteiger partial charge >= 0.3 is 12.1 Å². The van der Waals surface area contributed by atoms with Gasteiger partial charge in [0.1, 0.15) is 17.0 Å². The second-order valence-electron chi connectivity index (χ2n) is 13.2. The Morgan fingerprint density at radius 1 is 1.02 bits per heavy atom. The Labute approximate surface area is 283 Å². The standard InChI is InChI=1S/C36H43F3N6O4/c1-4-48-22-35(14-6-7-15-35)21-44(3)28-20-27(25-18-29(36(37,38)39)41-30(19-25)49-5-2)40-33-31(28)42-32(43-33)23-8-10-26(11-9-23)45-16-12-24(13-17-45)34(46)47/h8-11,18-20,24H,4-7,12-17,21-22H2,1-3H3,(H,46,47)(H,40,42,43). The summed E-state index contributed by atoms with van der Waals surface area (Å²) in [5.41, 5.74) is 3.11. The van der Waals surface area contributed by atoms with Crippen molar-refractivity contribution in [3.8, 4) is 28.5 Å². The second-order valence-corrected chi connectivity index (χ2v) is 13.2. The summed E-state index contributed by atoms with van der Waals surface area (Å²) in [5.74, 6) is -0.595. The third kappa shape index (κ3) is 7.61. The maximum Gasteiger partial charge on any atom is 0.433 e. The first-order valence-electron chi connectivity index (χ1n) is 17.0. The molecule has 0 amide bonds. The Kier molecular flexibility index (Phi) is 10.0. The molecule has 10 nitrogen and oxygen atoms in total. The minimum atomic E-state index is -4.67. The summed E-state index contributed by atoms with van der Waals surface area (Å²) in [5, 5.41) is 9.35. The van der Waals surface area contributed by atoms with Gasteiger partial charge in [-0.15, -0.1) is 0 Å². The molecule has 0 unspecified atom stereocenters. The molecule has 0 radical (unpaired) electrons. The van der Waals surface area contributed by atoms with Gasteiger partial charge in [0.25, 0.3) is 0 Å². The van der Waals surface area contributed by atoms with E-state index in [1.165, 1.54) is 6.07 Å². The zero-order chi connectivity index (χ0) is 34.8. The molecule has 0 spiro atoms. The van der Waals surface area contributed by atoms with E-state index in [1.807, 2.05) is 44.3 Å². The van der Waals surface area contributed by atoms with Gasteiger partial charge in [0.05, 0.1) is 30.5 Å². The van der Waals surface area contributed by atoms with E-state index in [-0.39, 0.29) is 29.4 Å². The average molecular weight is 681 g/mol. The monoisotopic (exact) mass is 680 g/mol. The summed E-state index contributed by atoms with van der Waals surface area (Å²) in [6, 6.07) is 12.2. The van der Waals surface area contributed by atoms with Crippen molar-refractivity contribution in [2.24, 2.45) is 11.3 Å². The number of ether oxygens (including phenoxy) is 2. The molecule has 1 aliphatic heterocycles. The highest BCUT2D eigenvalue weighted by atomic mass is 19.4. The fraction of sp³-hybridized carbons (Fsp3) is 0.500. The number of aromatic amines is 1. The first kappa shape index (κ1) is 34.5. The number of hydrogen-bond acceptors (Lipinski definition) is 8. The SMILES string of the molecule is CCOCC1(CN(C)c2cc(-c3cc(OCC)nc(C(F)(F)F)c3)nc3nc(-c4ccc(N5CCC(C(=O)O)CC5)cc4)[nH]c23)CCCC1. The molecule has 262 valence electrons. The Bertz CT molecular complexity index is 1760. The smallest absolute Gasteiger partial charge is 0.433 e. The van der Waals surface area contributed by atoms with Gasteiger partial charge in [-0.1, -0.05) is 12.8 Å². The first-order valence-corrected chi connectivity index (χ1v) is 17.0. The quantitative estimate of drug-likeness (QED) is 0.158. The fourth-order valence-electron chi connectivity index (χ4n) is 7.17. The molecule has 2 fully saturated rings. The number of alkyl halides is 3. The third-order valence-corrected chi connectivity index (χ3v) is 9.73.